The molecule has 0 aromatic carbocycles. The lowest BCUT2D eigenvalue weighted by Crippen LogP contribution is -2.36. The van der Waals surface area contributed by atoms with Crippen molar-refractivity contribution >= 4 is 11.7 Å². The summed E-state index contributed by atoms with van der Waals surface area (Å²) in [6, 6.07) is 1.56. The molecule has 2 aromatic rings. The minimum absolute atomic E-state index is 0.119. The topological polar surface area (TPSA) is 92.6 Å². The maximum atomic E-state index is 11.9. The highest BCUT2D eigenvalue weighted by Gasteiger charge is 2.17. The average Bonchev–Trinajstić information content (AvgIpc) is 2.87. The summed E-state index contributed by atoms with van der Waals surface area (Å²) in [5.74, 6) is 0.0288. The Morgan fingerprint density at radius 2 is 2.29 bits per heavy atom. The van der Waals surface area contributed by atoms with E-state index in [1.165, 1.54) is 16.9 Å². The largest absolute Gasteiger partial charge is 0.465 e. The minimum Gasteiger partial charge on any atom is -0.465 e. The number of nitrogens with one attached hydrogen (secondary N) is 1. The summed E-state index contributed by atoms with van der Waals surface area (Å²) < 4.78 is 6.22. The van der Waals surface area contributed by atoms with Crippen LogP contribution in [0, 0.1) is 0 Å². The summed E-state index contributed by atoms with van der Waals surface area (Å²) in [5.41, 5.74) is 0.345. The Morgan fingerprint density at radius 3 is 2.95 bits per heavy atom. The van der Waals surface area contributed by atoms with Crippen LogP contribution in [0.3, 0.4) is 0 Å². The Hall–Kier alpha value is -2.22. The lowest BCUT2D eigenvalue weighted by molar-refractivity contribution is -0.145. The van der Waals surface area contributed by atoms with Crippen LogP contribution >= 0.6 is 0 Å². The second-order valence-corrected chi connectivity index (χ2v) is 4.91. The van der Waals surface area contributed by atoms with Gasteiger partial charge in [0.1, 0.15) is 6.33 Å². The van der Waals surface area contributed by atoms with E-state index in [0.717, 1.165) is 0 Å². The fraction of sp³-hybridized carbons (Fsp3) is 0.538. The highest BCUT2D eigenvalue weighted by atomic mass is 16.5. The predicted molar refractivity (Wildman–Crippen MR) is 75.8 cm³/mol. The van der Waals surface area contributed by atoms with Crippen molar-refractivity contribution in [3.63, 3.8) is 0 Å². The van der Waals surface area contributed by atoms with Crippen LogP contribution in [-0.2, 0) is 16.1 Å². The number of ether oxygens (including phenoxy) is 1. The zero-order valence-electron chi connectivity index (χ0n) is 12.4. The molecule has 0 saturated heterocycles. The number of H-pyrrole nitrogens is 1. The summed E-state index contributed by atoms with van der Waals surface area (Å²) >= 11 is 0. The summed E-state index contributed by atoms with van der Waals surface area (Å²) in [7, 11) is 0. The van der Waals surface area contributed by atoms with Crippen molar-refractivity contribution in [1.29, 1.82) is 0 Å². The molecule has 8 nitrogen and oxygen atoms in total. The van der Waals surface area contributed by atoms with Crippen molar-refractivity contribution in [2.24, 2.45) is 0 Å². The third-order valence-electron chi connectivity index (χ3n) is 3.05. The summed E-state index contributed by atoms with van der Waals surface area (Å²) in [6.07, 6.45) is 1.41. The van der Waals surface area contributed by atoms with Crippen molar-refractivity contribution < 1.29 is 9.53 Å². The molecule has 2 rings (SSSR count). The highest BCUT2D eigenvalue weighted by Crippen LogP contribution is 2.06. The molecule has 2 heterocycles. The second kappa shape index (κ2) is 6.49. The standard InChI is InChI=1S/C13H19N5O3/c1-4-21-12(20)7-17(9(2)3)6-10-5-11(19)18-13(16-10)14-8-15-18/h5,8-9H,4,6-7H2,1-3H3,(H,14,15,16). The molecule has 114 valence electrons. The van der Waals surface area contributed by atoms with Crippen molar-refractivity contribution in [3.05, 3.63) is 28.4 Å². The number of aromatic nitrogens is 4. The van der Waals surface area contributed by atoms with E-state index in [9.17, 15) is 9.59 Å². The fourth-order valence-electron chi connectivity index (χ4n) is 1.95. The molecule has 0 spiro atoms. The van der Waals surface area contributed by atoms with Crippen LogP contribution in [0.1, 0.15) is 26.5 Å². The summed E-state index contributed by atoms with van der Waals surface area (Å²) in [5, 5.41) is 2.68. The van der Waals surface area contributed by atoms with E-state index in [1.54, 1.807) is 6.92 Å². The molecule has 0 aliphatic carbocycles. The Morgan fingerprint density at radius 1 is 1.52 bits per heavy atom. The molecular formula is C13H19N5O3. The first kappa shape index (κ1) is 15.2. The first-order valence-corrected chi connectivity index (χ1v) is 6.83. The molecule has 0 saturated carbocycles. The van der Waals surface area contributed by atoms with Crippen LogP contribution in [0.2, 0.25) is 0 Å². The van der Waals surface area contributed by atoms with Gasteiger partial charge >= 0.3 is 5.97 Å². The van der Waals surface area contributed by atoms with Gasteiger partial charge in [0.15, 0.2) is 0 Å². The van der Waals surface area contributed by atoms with E-state index in [0.29, 0.717) is 24.6 Å². The first-order valence-electron chi connectivity index (χ1n) is 6.83. The molecule has 0 atom stereocenters. The van der Waals surface area contributed by atoms with Crippen molar-refractivity contribution in [2.75, 3.05) is 13.2 Å². The normalized spacial score (nSPS) is 11.5. The number of hydrogen-bond donors (Lipinski definition) is 1. The fourth-order valence-corrected chi connectivity index (χ4v) is 1.95. The van der Waals surface area contributed by atoms with Crippen molar-refractivity contribution in [3.8, 4) is 0 Å². The van der Waals surface area contributed by atoms with E-state index in [2.05, 4.69) is 15.1 Å². The van der Waals surface area contributed by atoms with Gasteiger partial charge in [0.2, 0.25) is 0 Å². The molecule has 0 amide bonds. The number of hydrogen-bond acceptors (Lipinski definition) is 6. The van der Waals surface area contributed by atoms with Gasteiger partial charge in [-0.15, -0.1) is 0 Å². The third kappa shape index (κ3) is 3.66. The smallest absolute Gasteiger partial charge is 0.320 e. The SMILES string of the molecule is CCOC(=O)CN(Cc1cc(=O)n2[nH]cnc2n1)C(C)C. The van der Waals surface area contributed by atoms with Gasteiger partial charge in [-0.3, -0.25) is 19.6 Å². The van der Waals surface area contributed by atoms with Gasteiger partial charge in [-0.25, -0.2) is 9.97 Å². The van der Waals surface area contributed by atoms with Gasteiger partial charge in [0.25, 0.3) is 11.3 Å². The maximum absolute atomic E-state index is 11.9. The van der Waals surface area contributed by atoms with Gasteiger partial charge in [0.05, 0.1) is 18.8 Å². The maximum Gasteiger partial charge on any atom is 0.320 e. The average molecular weight is 293 g/mol. The Bertz CT molecular complexity index is 676. The highest BCUT2D eigenvalue weighted by molar-refractivity contribution is 5.71. The molecule has 0 unspecified atom stereocenters. The van der Waals surface area contributed by atoms with Crippen molar-refractivity contribution in [1.82, 2.24) is 24.5 Å². The lowest BCUT2D eigenvalue weighted by Gasteiger charge is -2.24. The molecule has 21 heavy (non-hydrogen) atoms. The molecule has 0 aliphatic rings. The Labute approximate surface area is 121 Å². The van der Waals surface area contributed by atoms with Gasteiger partial charge in [0, 0.05) is 18.7 Å². The number of fused-ring (bicyclic) bond motifs is 1. The Kier molecular flexibility index (Phi) is 4.69. The van der Waals surface area contributed by atoms with Crippen LogP contribution in [0.5, 0.6) is 0 Å². The quantitative estimate of drug-likeness (QED) is 0.764. The molecule has 0 bridgehead atoms. The number of esters is 1. The predicted octanol–water partition coefficient (Wildman–Crippen LogP) is 0.191. The number of nitrogens with zero attached hydrogens (tertiary/aromatic N) is 4. The molecule has 0 fully saturated rings. The molecular weight excluding hydrogens is 274 g/mol. The Balaban J connectivity index is 2.18. The number of carbonyl (C=O) groups excluding carboxylic acids is 1. The zero-order valence-corrected chi connectivity index (χ0v) is 12.4. The van der Waals surface area contributed by atoms with Gasteiger partial charge in [-0.05, 0) is 20.8 Å². The molecule has 0 radical (unpaired) electrons. The number of aromatic amines is 1. The monoisotopic (exact) mass is 293 g/mol. The van der Waals surface area contributed by atoms with Crippen LogP contribution in [0.4, 0.5) is 0 Å². The van der Waals surface area contributed by atoms with E-state index in [1.807, 2.05) is 18.7 Å². The van der Waals surface area contributed by atoms with E-state index < -0.39 is 0 Å². The third-order valence-corrected chi connectivity index (χ3v) is 3.05. The van der Waals surface area contributed by atoms with E-state index in [4.69, 9.17) is 4.74 Å². The first-order chi connectivity index (χ1) is 10.0. The van der Waals surface area contributed by atoms with Gasteiger partial charge in [-0.2, -0.15) is 4.52 Å². The van der Waals surface area contributed by atoms with Gasteiger partial charge in [-0.1, -0.05) is 0 Å². The second-order valence-electron chi connectivity index (χ2n) is 4.91. The minimum atomic E-state index is -0.288. The number of carbonyl (C=O) groups is 1. The van der Waals surface area contributed by atoms with Gasteiger partial charge < -0.3 is 4.74 Å². The molecule has 0 aliphatic heterocycles. The number of rotatable bonds is 6. The van der Waals surface area contributed by atoms with Crippen molar-refractivity contribution in [2.45, 2.75) is 33.4 Å². The molecule has 2 aromatic heterocycles. The zero-order chi connectivity index (χ0) is 15.4. The van der Waals surface area contributed by atoms with Crippen LogP contribution in [0.15, 0.2) is 17.2 Å². The van der Waals surface area contributed by atoms with E-state index in [-0.39, 0.29) is 24.1 Å². The summed E-state index contributed by atoms with van der Waals surface area (Å²) in [6.45, 7) is 6.61. The summed E-state index contributed by atoms with van der Waals surface area (Å²) in [4.78, 5) is 33.7. The van der Waals surface area contributed by atoms with E-state index >= 15 is 0 Å². The van der Waals surface area contributed by atoms with Crippen LogP contribution in [-0.4, -0.2) is 49.6 Å². The lowest BCUT2D eigenvalue weighted by atomic mass is 10.2. The molecule has 1 N–H and O–H groups in total. The van der Waals surface area contributed by atoms with Crippen LogP contribution in [0.25, 0.3) is 5.78 Å². The molecule has 8 heteroatoms. The van der Waals surface area contributed by atoms with Crippen LogP contribution < -0.4 is 5.56 Å².